The standard InChI is InChI=1S/C14H19ClN2OS/c15-12-3-1-2-4-13(12)19-9-14(18)17-11-7-5-10(16)6-8-11/h1-4,10-11H,5-9,16H2,(H,17,18). The molecular weight excluding hydrogens is 280 g/mol. The lowest BCUT2D eigenvalue weighted by molar-refractivity contribution is -0.119. The van der Waals surface area contributed by atoms with Crippen molar-refractivity contribution < 1.29 is 4.79 Å². The Hall–Kier alpha value is -0.710. The molecule has 2 rings (SSSR count). The number of thioether (sulfide) groups is 1. The summed E-state index contributed by atoms with van der Waals surface area (Å²) in [6.07, 6.45) is 3.98. The molecule has 0 heterocycles. The van der Waals surface area contributed by atoms with Crippen molar-refractivity contribution in [1.82, 2.24) is 5.32 Å². The zero-order chi connectivity index (χ0) is 13.7. The number of amides is 1. The van der Waals surface area contributed by atoms with Crippen molar-refractivity contribution in [2.24, 2.45) is 5.73 Å². The molecule has 1 aromatic rings. The van der Waals surface area contributed by atoms with Gasteiger partial charge in [-0.1, -0.05) is 23.7 Å². The van der Waals surface area contributed by atoms with Crippen molar-refractivity contribution in [3.05, 3.63) is 29.3 Å². The van der Waals surface area contributed by atoms with Crippen molar-refractivity contribution in [2.75, 3.05) is 5.75 Å². The van der Waals surface area contributed by atoms with Crippen LogP contribution in [0.15, 0.2) is 29.2 Å². The van der Waals surface area contributed by atoms with Crippen molar-refractivity contribution in [3.63, 3.8) is 0 Å². The van der Waals surface area contributed by atoms with E-state index >= 15 is 0 Å². The second kappa shape index (κ2) is 7.17. The fourth-order valence-electron chi connectivity index (χ4n) is 2.24. The number of benzene rings is 1. The number of nitrogens with one attached hydrogen (secondary N) is 1. The summed E-state index contributed by atoms with van der Waals surface area (Å²) >= 11 is 7.52. The highest BCUT2D eigenvalue weighted by Gasteiger charge is 2.19. The van der Waals surface area contributed by atoms with Crippen LogP contribution in [0.2, 0.25) is 5.02 Å². The Morgan fingerprint density at radius 3 is 2.68 bits per heavy atom. The molecule has 1 aromatic carbocycles. The third kappa shape index (κ3) is 4.71. The first kappa shape index (κ1) is 14.7. The molecule has 5 heteroatoms. The quantitative estimate of drug-likeness (QED) is 0.841. The minimum atomic E-state index is 0.0744. The summed E-state index contributed by atoms with van der Waals surface area (Å²) in [4.78, 5) is 12.8. The third-order valence-corrected chi connectivity index (χ3v) is 4.85. The molecule has 104 valence electrons. The monoisotopic (exact) mass is 298 g/mol. The van der Waals surface area contributed by atoms with Crippen molar-refractivity contribution >= 4 is 29.3 Å². The van der Waals surface area contributed by atoms with E-state index in [1.807, 2.05) is 24.3 Å². The molecule has 0 aliphatic heterocycles. The first-order chi connectivity index (χ1) is 9.15. The fraction of sp³-hybridized carbons (Fsp3) is 0.500. The summed E-state index contributed by atoms with van der Waals surface area (Å²) in [5, 5.41) is 3.77. The van der Waals surface area contributed by atoms with Crippen LogP contribution in [0, 0.1) is 0 Å². The maximum Gasteiger partial charge on any atom is 0.230 e. The molecule has 3 nitrogen and oxygen atoms in total. The summed E-state index contributed by atoms with van der Waals surface area (Å²) in [6, 6.07) is 8.18. The molecule has 0 saturated heterocycles. The van der Waals surface area contributed by atoms with E-state index in [4.69, 9.17) is 17.3 Å². The molecule has 0 atom stereocenters. The lowest BCUT2D eigenvalue weighted by Gasteiger charge is -2.26. The van der Waals surface area contributed by atoms with Gasteiger partial charge in [-0.25, -0.2) is 0 Å². The van der Waals surface area contributed by atoms with Gasteiger partial charge in [-0.15, -0.1) is 11.8 Å². The van der Waals surface area contributed by atoms with Gasteiger partial charge in [0.05, 0.1) is 10.8 Å². The average molecular weight is 299 g/mol. The van der Waals surface area contributed by atoms with Gasteiger partial charge in [0.25, 0.3) is 0 Å². The maximum atomic E-state index is 11.9. The number of carbonyl (C=O) groups excluding carboxylic acids is 1. The first-order valence-electron chi connectivity index (χ1n) is 6.57. The number of carbonyl (C=O) groups is 1. The van der Waals surface area contributed by atoms with Crippen molar-refractivity contribution in [2.45, 2.75) is 42.7 Å². The highest BCUT2D eigenvalue weighted by molar-refractivity contribution is 8.00. The van der Waals surface area contributed by atoms with Crippen molar-refractivity contribution in [1.29, 1.82) is 0 Å². The van der Waals surface area contributed by atoms with E-state index in [9.17, 15) is 4.79 Å². The van der Waals surface area contributed by atoms with Crippen LogP contribution < -0.4 is 11.1 Å². The molecule has 1 aliphatic rings. The lowest BCUT2D eigenvalue weighted by atomic mass is 9.92. The zero-order valence-corrected chi connectivity index (χ0v) is 12.3. The normalized spacial score (nSPS) is 23.1. The van der Waals surface area contributed by atoms with E-state index in [0.717, 1.165) is 30.6 Å². The van der Waals surface area contributed by atoms with Gasteiger partial charge < -0.3 is 11.1 Å². The SMILES string of the molecule is NC1CCC(NC(=O)CSc2ccccc2Cl)CC1. The van der Waals surface area contributed by atoms with E-state index in [2.05, 4.69) is 5.32 Å². The van der Waals surface area contributed by atoms with Gasteiger partial charge in [-0.05, 0) is 37.8 Å². The largest absolute Gasteiger partial charge is 0.353 e. The highest BCUT2D eigenvalue weighted by Crippen LogP contribution is 2.26. The Morgan fingerprint density at radius 2 is 2.00 bits per heavy atom. The van der Waals surface area contributed by atoms with Gasteiger partial charge in [0.1, 0.15) is 0 Å². The smallest absolute Gasteiger partial charge is 0.230 e. The Kier molecular flexibility index (Phi) is 5.55. The second-order valence-electron chi connectivity index (χ2n) is 4.90. The molecule has 0 unspecified atom stereocenters. The van der Waals surface area contributed by atoms with Gasteiger partial charge in [-0.2, -0.15) is 0 Å². The summed E-state index contributed by atoms with van der Waals surface area (Å²) in [5.74, 6) is 0.483. The van der Waals surface area contributed by atoms with Crippen LogP contribution in [-0.4, -0.2) is 23.7 Å². The van der Waals surface area contributed by atoms with Crippen LogP contribution in [0.4, 0.5) is 0 Å². The topological polar surface area (TPSA) is 55.1 Å². The number of hydrogen-bond donors (Lipinski definition) is 2. The van der Waals surface area contributed by atoms with E-state index in [1.54, 1.807) is 0 Å². The molecule has 0 aromatic heterocycles. The van der Waals surface area contributed by atoms with E-state index in [0.29, 0.717) is 22.9 Å². The van der Waals surface area contributed by atoms with Gasteiger partial charge in [0, 0.05) is 17.0 Å². The van der Waals surface area contributed by atoms with Gasteiger partial charge in [0.2, 0.25) is 5.91 Å². The number of rotatable bonds is 4. The second-order valence-corrected chi connectivity index (χ2v) is 6.32. The van der Waals surface area contributed by atoms with Crippen LogP contribution in [0.3, 0.4) is 0 Å². The Balaban J connectivity index is 1.74. The molecule has 1 amide bonds. The predicted octanol–water partition coefficient (Wildman–Crippen LogP) is 2.82. The predicted molar refractivity (Wildman–Crippen MR) is 80.6 cm³/mol. The van der Waals surface area contributed by atoms with E-state index in [1.165, 1.54) is 11.8 Å². The molecule has 1 aliphatic carbocycles. The third-order valence-electron chi connectivity index (χ3n) is 3.33. The molecular formula is C14H19ClN2OS. The van der Waals surface area contributed by atoms with Crippen LogP contribution >= 0.6 is 23.4 Å². The molecule has 1 fully saturated rings. The summed E-state index contributed by atoms with van der Waals surface area (Å²) in [6.45, 7) is 0. The summed E-state index contributed by atoms with van der Waals surface area (Å²) in [5.41, 5.74) is 5.85. The van der Waals surface area contributed by atoms with E-state index < -0.39 is 0 Å². The molecule has 0 radical (unpaired) electrons. The molecule has 1 saturated carbocycles. The van der Waals surface area contributed by atoms with Crippen molar-refractivity contribution in [3.8, 4) is 0 Å². The minimum absolute atomic E-state index is 0.0744. The Morgan fingerprint density at radius 1 is 1.32 bits per heavy atom. The summed E-state index contributed by atoms with van der Waals surface area (Å²) in [7, 11) is 0. The minimum Gasteiger partial charge on any atom is -0.353 e. The highest BCUT2D eigenvalue weighted by atomic mass is 35.5. The van der Waals surface area contributed by atoms with Gasteiger partial charge in [-0.3, -0.25) is 4.79 Å². The Bertz CT molecular complexity index is 433. The van der Waals surface area contributed by atoms with Crippen LogP contribution in [-0.2, 0) is 4.79 Å². The van der Waals surface area contributed by atoms with Gasteiger partial charge >= 0.3 is 0 Å². The zero-order valence-electron chi connectivity index (χ0n) is 10.8. The van der Waals surface area contributed by atoms with E-state index in [-0.39, 0.29) is 5.91 Å². The molecule has 19 heavy (non-hydrogen) atoms. The number of halogens is 1. The number of hydrogen-bond acceptors (Lipinski definition) is 3. The fourth-order valence-corrected chi connectivity index (χ4v) is 3.29. The summed E-state index contributed by atoms with van der Waals surface area (Å²) < 4.78 is 0. The lowest BCUT2D eigenvalue weighted by Crippen LogP contribution is -2.41. The molecule has 0 spiro atoms. The molecule has 0 bridgehead atoms. The van der Waals surface area contributed by atoms with Crippen LogP contribution in [0.5, 0.6) is 0 Å². The average Bonchev–Trinajstić information content (AvgIpc) is 2.40. The van der Waals surface area contributed by atoms with Gasteiger partial charge in [0.15, 0.2) is 0 Å². The molecule has 3 N–H and O–H groups in total. The number of nitrogens with two attached hydrogens (primary N) is 1. The Labute approximate surface area is 123 Å². The first-order valence-corrected chi connectivity index (χ1v) is 7.94. The maximum absolute atomic E-state index is 11.9. The van der Waals surface area contributed by atoms with Crippen LogP contribution in [0.1, 0.15) is 25.7 Å². The van der Waals surface area contributed by atoms with Crippen LogP contribution in [0.25, 0.3) is 0 Å².